The second-order valence-electron chi connectivity index (χ2n) is 5.78. The van der Waals surface area contributed by atoms with E-state index in [1.54, 1.807) is 6.20 Å². The van der Waals surface area contributed by atoms with Crippen LogP contribution < -0.4 is 4.90 Å². The molecule has 24 heavy (non-hydrogen) atoms. The van der Waals surface area contributed by atoms with Gasteiger partial charge in [0.1, 0.15) is 17.5 Å². The molecule has 1 aliphatic heterocycles. The Labute approximate surface area is 146 Å². The number of pyridine rings is 1. The molecule has 1 fully saturated rings. The second kappa shape index (κ2) is 7.05. The van der Waals surface area contributed by atoms with Crippen LogP contribution in [0.25, 0.3) is 0 Å². The number of amidine groups is 1. The minimum absolute atomic E-state index is 0.370. The van der Waals surface area contributed by atoms with Crippen molar-refractivity contribution in [1.29, 1.82) is 0 Å². The fourth-order valence-electron chi connectivity index (χ4n) is 3.12. The zero-order chi connectivity index (χ0) is 17.1. The van der Waals surface area contributed by atoms with Crippen LogP contribution in [0.3, 0.4) is 0 Å². The molecule has 1 atom stereocenters. The molecule has 3 rings (SSSR count). The van der Waals surface area contributed by atoms with Crippen molar-refractivity contribution in [2.24, 2.45) is 9.98 Å². The van der Waals surface area contributed by atoms with Crippen LogP contribution in [0, 0.1) is 0 Å². The highest BCUT2D eigenvalue weighted by Gasteiger charge is 2.29. The SMILES string of the molecule is C=Nc1[nH]ccc1/C(=N\C)N1CC[C@@H](N(C)c2ccc(Cl)cn2)C1. The molecule has 0 unspecified atom stereocenters. The third-order valence-corrected chi connectivity index (χ3v) is 4.64. The van der Waals surface area contributed by atoms with Gasteiger partial charge in [0.15, 0.2) is 0 Å². The first-order valence-electron chi connectivity index (χ1n) is 7.84. The minimum atomic E-state index is 0.370. The van der Waals surface area contributed by atoms with E-state index in [1.807, 2.05) is 31.4 Å². The van der Waals surface area contributed by atoms with Crippen LogP contribution in [0.2, 0.25) is 5.02 Å². The van der Waals surface area contributed by atoms with Gasteiger partial charge in [-0.3, -0.25) is 4.99 Å². The Hall–Kier alpha value is -2.34. The van der Waals surface area contributed by atoms with Gasteiger partial charge in [0.05, 0.1) is 10.6 Å². The molecule has 1 N–H and O–H groups in total. The highest BCUT2D eigenvalue weighted by molar-refractivity contribution is 6.30. The van der Waals surface area contributed by atoms with Crippen molar-refractivity contribution in [3.63, 3.8) is 0 Å². The maximum absolute atomic E-state index is 5.92. The average Bonchev–Trinajstić information content (AvgIpc) is 3.25. The highest BCUT2D eigenvalue weighted by Crippen LogP contribution is 2.25. The van der Waals surface area contributed by atoms with Gasteiger partial charge in [0, 0.05) is 45.6 Å². The first-order chi connectivity index (χ1) is 11.6. The van der Waals surface area contributed by atoms with Crippen LogP contribution in [0.1, 0.15) is 12.0 Å². The lowest BCUT2D eigenvalue weighted by atomic mass is 10.2. The molecular weight excluding hydrogens is 324 g/mol. The van der Waals surface area contributed by atoms with Gasteiger partial charge in [-0.05, 0) is 31.3 Å². The van der Waals surface area contributed by atoms with E-state index in [2.05, 4.69) is 43.5 Å². The topological polar surface area (TPSA) is 59.9 Å². The lowest BCUT2D eigenvalue weighted by Gasteiger charge is -2.26. The fraction of sp³-hybridized carbons (Fsp3) is 0.353. The molecule has 0 aromatic carbocycles. The molecule has 3 heterocycles. The van der Waals surface area contributed by atoms with E-state index >= 15 is 0 Å². The van der Waals surface area contributed by atoms with E-state index in [0.717, 1.165) is 42.5 Å². The Morgan fingerprint density at radius 1 is 1.46 bits per heavy atom. The minimum Gasteiger partial charge on any atom is -0.355 e. The van der Waals surface area contributed by atoms with Crippen molar-refractivity contribution in [2.45, 2.75) is 12.5 Å². The molecule has 0 bridgehead atoms. The van der Waals surface area contributed by atoms with E-state index in [9.17, 15) is 0 Å². The number of hydrogen-bond acceptors (Lipinski definition) is 4. The Morgan fingerprint density at radius 3 is 2.96 bits per heavy atom. The lowest BCUT2D eigenvalue weighted by Crippen LogP contribution is -2.37. The van der Waals surface area contributed by atoms with Crippen molar-refractivity contribution in [3.05, 3.63) is 41.2 Å². The van der Waals surface area contributed by atoms with Crippen molar-refractivity contribution in [3.8, 4) is 0 Å². The first kappa shape index (κ1) is 16.5. The molecule has 2 aromatic rings. The van der Waals surface area contributed by atoms with Crippen LogP contribution >= 0.6 is 11.6 Å². The van der Waals surface area contributed by atoms with Crippen LogP contribution in [0.5, 0.6) is 0 Å². The smallest absolute Gasteiger partial charge is 0.140 e. The molecular formula is C17H21ClN6. The number of nitrogens with one attached hydrogen (secondary N) is 1. The molecule has 1 aliphatic rings. The molecule has 6 nitrogen and oxygen atoms in total. The summed E-state index contributed by atoms with van der Waals surface area (Å²) in [5.74, 6) is 2.63. The molecule has 1 saturated heterocycles. The van der Waals surface area contributed by atoms with Gasteiger partial charge in [-0.2, -0.15) is 0 Å². The van der Waals surface area contributed by atoms with Gasteiger partial charge in [0.2, 0.25) is 0 Å². The number of aliphatic imine (C=N–C) groups is 2. The van der Waals surface area contributed by atoms with E-state index in [4.69, 9.17) is 11.6 Å². The molecule has 0 radical (unpaired) electrons. The third-order valence-electron chi connectivity index (χ3n) is 4.42. The Kier molecular flexibility index (Phi) is 4.85. The molecule has 0 saturated carbocycles. The zero-order valence-corrected chi connectivity index (χ0v) is 14.7. The molecule has 2 aromatic heterocycles. The number of likely N-dealkylation sites (N-methyl/N-ethyl adjacent to an activating group) is 1. The van der Waals surface area contributed by atoms with Gasteiger partial charge in [0.25, 0.3) is 0 Å². The maximum atomic E-state index is 5.92. The van der Waals surface area contributed by atoms with Crippen LogP contribution in [-0.4, -0.2) is 60.6 Å². The monoisotopic (exact) mass is 344 g/mol. The molecule has 0 amide bonds. The summed E-state index contributed by atoms with van der Waals surface area (Å²) in [4.78, 5) is 20.5. The summed E-state index contributed by atoms with van der Waals surface area (Å²) in [6.45, 7) is 5.44. The summed E-state index contributed by atoms with van der Waals surface area (Å²) < 4.78 is 0. The lowest BCUT2D eigenvalue weighted by molar-refractivity contribution is 0.505. The number of rotatable bonds is 4. The Balaban J connectivity index is 1.74. The highest BCUT2D eigenvalue weighted by atomic mass is 35.5. The summed E-state index contributed by atoms with van der Waals surface area (Å²) in [7, 11) is 3.88. The molecule has 0 aliphatic carbocycles. The van der Waals surface area contributed by atoms with Crippen molar-refractivity contribution < 1.29 is 0 Å². The molecule has 126 valence electrons. The van der Waals surface area contributed by atoms with Gasteiger partial charge < -0.3 is 14.8 Å². The number of likely N-dealkylation sites (tertiary alicyclic amines) is 1. The van der Waals surface area contributed by atoms with E-state index in [-0.39, 0.29) is 0 Å². The summed E-state index contributed by atoms with van der Waals surface area (Å²) in [5, 5.41) is 0.650. The largest absolute Gasteiger partial charge is 0.355 e. The van der Waals surface area contributed by atoms with Gasteiger partial charge in [-0.1, -0.05) is 11.6 Å². The number of aromatic nitrogens is 2. The van der Waals surface area contributed by atoms with Crippen molar-refractivity contribution >= 4 is 35.8 Å². The zero-order valence-electron chi connectivity index (χ0n) is 13.9. The van der Waals surface area contributed by atoms with Crippen LogP contribution in [-0.2, 0) is 0 Å². The molecule has 0 spiro atoms. The number of halogens is 1. The number of H-pyrrole nitrogens is 1. The predicted molar refractivity (Wildman–Crippen MR) is 100 cm³/mol. The van der Waals surface area contributed by atoms with Crippen LogP contribution in [0.4, 0.5) is 11.6 Å². The summed E-state index contributed by atoms with van der Waals surface area (Å²) in [5.41, 5.74) is 0.987. The Morgan fingerprint density at radius 2 is 2.29 bits per heavy atom. The fourth-order valence-corrected chi connectivity index (χ4v) is 3.23. The Bertz CT molecular complexity index is 736. The first-order valence-corrected chi connectivity index (χ1v) is 8.22. The van der Waals surface area contributed by atoms with Crippen molar-refractivity contribution in [2.75, 3.05) is 32.1 Å². The number of aromatic amines is 1. The van der Waals surface area contributed by atoms with Gasteiger partial charge >= 0.3 is 0 Å². The third kappa shape index (κ3) is 3.14. The van der Waals surface area contributed by atoms with Crippen LogP contribution in [0.15, 0.2) is 40.6 Å². The number of anilines is 1. The van der Waals surface area contributed by atoms with E-state index in [0.29, 0.717) is 11.1 Å². The standard InChI is InChI=1S/C17H21ClN6/c1-19-16-14(6-8-21-16)17(20-2)24-9-7-13(11-24)23(3)15-5-4-12(18)10-22-15/h4-6,8,10,13,21H,1,7,9,11H2,2-3H3/b20-17+/t13-/m1/s1. The van der Waals surface area contributed by atoms with E-state index < -0.39 is 0 Å². The van der Waals surface area contributed by atoms with Crippen molar-refractivity contribution in [1.82, 2.24) is 14.9 Å². The number of hydrogen-bond donors (Lipinski definition) is 1. The summed E-state index contributed by atoms with van der Waals surface area (Å²) >= 11 is 5.92. The predicted octanol–water partition coefficient (Wildman–Crippen LogP) is 2.98. The quantitative estimate of drug-likeness (QED) is 0.685. The average molecular weight is 345 g/mol. The van der Waals surface area contributed by atoms with Gasteiger partial charge in [-0.25, -0.2) is 9.98 Å². The summed E-state index contributed by atoms with van der Waals surface area (Å²) in [6, 6.07) is 6.18. The van der Waals surface area contributed by atoms with Gasteiger partial charge in [-0.15, -0.1) is 0 Å². The molecule has 7 heteroatoms. The summed E-state index contributed by atoms with van der Waals surface area (Å²) in [6.07, 6.45) is 4.59. The normalized spacial score (nSPS) is 18.0. The number of nitrogens with zero attached hydrogens (tertiary/aromatic N) is 5. The van der Waals surface area contributed by atoms with E-state index in [1.165, 1.54) is 0 Å². The second-order valence-corrected chi connectivity index (χ2v) is 6.22. The maximum Gasteiger partial charge on any atom is 0.140 e.